The van der Waals surface area contributed by atoms with Gasteiger partial charge >= 0.3 is 5.97 Å². The van der Waals surface area contributed by atoms with Gasteiger partial charge in [-0.2, -0.15) is 0 Å². The number of nitrogens with zero attached hydrogens (tertiary/aromatic N) is 3. The summed E-state index contributed by atoms with van der Waals surface area (Å²) in [4.78, 5) is 62.7. The number of fused-ring (bicyclic) bond motifs is 1. The lowest BCUT2D eigenvalue weighted by Gasteiger charge is -2.30. The molecule has 3 aromatic rings. The number of aromatic amines is 1. The molecule has 1 aliphatic carbocycles. The normalized spacial score (nSPS) is 17.5. The molecule has 3 N–H and O–H groups in total. The molecule has 1 unspecified atom stereocenters. The summed E-state index contributed by atoms with van der Waals surface area (Å²) in [5.41, 5.74) is 2.44. The van der Waals surface area contributed by atoms with Gasteiger partial charge in [-0.3, -0.25) is 14.4 Å². The molecule has 1 saturated carbocycles. The quantitative estimate of drug-likeness (QED) is 0.284. The van der Waals surface area contributed by atoms with Gasteiger partial charge in [0.25, 0.3) is 0 Å². The summed E-state index contributed by atoms with van der Waals surface area (Å²) in [6.45, 7) is 7.84. The molecule has 45 heavy (non-hydrogen) atoms. The molecular weight excluding hydrogens is 572 g/mol. The number of amides is 3. The minimum absolute atomic E-state index is 0.0734. The molecular formula is C34H46N6O5. The van der Waals surface area contributed by atoms with Gasteiger partial charge in [0.15, 0.2) is 0 Å². The van der Waals surface area contributed by atoms with E-state index in [1.54, 1.807) is 46.0 Å². The number of H-pyrrole nitrogens is 1. The first-order valence-electron chi connectivity index (χ1n) is 15.5. The average Bonchev–Trinajstić information content (AvgIpc) is 3.39. The number of nitrogens with one attached hydrogen (secondary N) is 3. The number of benzene rings is 2. The second-order valence-corrected chi connectivity index (χ2v) is 13.3. The molecule has 0 radical (unpaired) electrons. The van der Waals surface area contributed by atoms with Crippen molar-refractivity contribution in [2.75, 3.05) is 37.9 Å². The molecule has 1 aliphatic rings. The second-order valence-electron chi connectivity index (χ2n) is 13.3. The second kappa shape index (κ2) is 14.2. The Morgan fingerprint density at radius 3 is 2.38 bits per heavy atom. The summed E-state index contributed by atoms with van der Waals surface area (Å²) in [5.74, 6) is -0.685. The summed E-state index contributed by atoms with van der Waals surface area (Å²) in [5, 5.41) is 5.97. The van der Waals surface area contributed by atoms with E-state index in [0.29, 0.717) is 28.3 Å². The SMILES string of the molecule is CC(=O)N(C)c1cccc(CC(NC(=O)C2CCC(CN(C)C)CC2)C(=O)Nc2ccc3nc(C(=O)OC(C)(C)C)[nH]c3c2)c1. The highest BCUT2D eigenvalue weighted by Crippen LogP contribution is 2.29. The number of hydrogen-bond donors (Lipinski definition) is 3. The fourth-order valence-corrected chi connectivity index (χ4v) is 5.67. The third-order valence-electron chi connectivity index (χ3n) is 8.03. The van der Waals surface area contributed by atoms with Crippen molar-refractivity contribution in [2.24, 2.45) is 11.8 Å². The van der Waals surface area contributed by atoms with Gasteiger partial charge in [-0.05, 0) is 102 Å². The van der Waals surface area contributed by atoms with E-state index in [-0.39, 0.29) is 35.9 Å². The fourth-order valence-electron chi connectivity index (χ4n) is 5.67. The van der Waals surface area contributed by atoms with Crippen molar-refractivity contribution in [1.82, 2.24) is 20.2 Å². The highest BCUT2D eigenvalue weighted by atomic mass is 16.6. The molecule has 0 saturated heterocycles. The van der Waals surface area contributed by atoms with E-state index in [1.807, 2.05) is 24.3 Å². The first-order valence-corrected chi connectivity index (χ1v) is 15.5. The van der Waals surface area contributed by atoms with Gasteiger partial charge in [0.1, 0.15) is 11.6 Å². The molecule has 1 atom stereocenters. The van der Waals surface area contributed by atoms with E-state index in [0.717, 1.165) is 37.8 Å². The summed E-state index contributed by atoms with van der Waals surface area (Å²) >= 11 is 0. The Bertz CT molecular complexity index is 1530. The Balaban J connectivity index is 1.52. The molecule has 3 amide bonds. The van der Waals surface area contributed by atoms with E-state index < -0.39 is 17.6 Å². The van der Waals surface area contributed by atoms with Crippen molar-refractivity contribution in [2.45, 2.75) is 71.4 Å². The van der Waals surface area contributed by atoms with Crippen LogP contribution in [-0.2, 0) is 25.5 Å². The molecule has 1 heterocycles. The lowest BCUT2D eigenvalue weighted by atomic mass is 9.81. The van der Waals surface area contributed by atoms with Gasteiger partial charge in [0.2, 0.25) is 23.5 Å². The van der Waals surface area contributed by atoms with Crippen LogP contribution in [0.15, 0.2) is 42.5 Å². The third kappa shape index (κ3) is 9.37. The van der Waals surface area contributed by atoms with E-state index in [1.165, 1.54) is 11.8 Å². The third-order valence-corrected chi connectivity index (χ3v) is 8.03. The maximum Gasteiger partial charge on any atom is 0.374 e. The van der Waals surface area contributed by atoms with Crippen LogP contribution in [0.5, 0.6) is 0 Å². The summed E-state index contributed by atoms with van der Waals surface area (Å²) in [7, 11) is 5.82. The number of carbonyl (C=O) groups is 4. The molecule has 11 nitrogen and oxygen atoms in total. The van der Waals surface area contributed by atoms with Crippen LogP contribution in [0.25, 0.3) is 11.0 Å². The first-order chi connectivity index (χ1) is 21.2. The van der Waals surface area contributed by atoms with Crippen molar-refractivity contribution in [3.63, 3.8) is 0 Å². The number of anilines is 2. The molecule has 4 rings (SSSR count). The Labute approximate surface area is 265 Å². The van der Waals surface area contributed by atoms with Crippen LogP contribution in [0.4, 0.5) is 11.4 Å². The van der Waals surface area contributed by atoms with Gasteiger partial charge in [0.05, 0.1) is 11.0 Å². The van der Waals surface area contributed by atoms with Crippen LogP contribution in [0.3, 0.4) is 0 Å². The minimum Gasteiger partial charge on any atom is -0.454 e. The summed E-state index contributed by atoms with van der Waals surface area (Å²) < 4.78 is 5.42. The molecule has 1 aromatic heterocycles. The lowest BCUT2D eigenvalue weighted by molar-refractivity contribution is -0.130. The van der Waals surface area contributed by atoms with Crippen molar-refractivity contribution < 1.29 is 23.9 Å². The van der Waals surface area contributed by atoms with Crippen molar-refractivity contribution in [3.05, 3.63) is 53.9 Å². The topological polar surface area (TPSA) is 137 Å². The molecule has 242 valence electrons. The number of esters is 1. The van der Waals surface area contributed by atoms with Crippen molar-refractivity contribution in [1.29, 1.82) is 0 Å². The largest absolute Gasteiger partial charge is 0.454 e. The highest BCUT2D eigenvalue weighted by Gasteiger charge is 2.30. The van der Waals surface area contributed by atoms with Crippen LogP contribution < -0.4 is 15.5 Å². The van der Waals surface area contributed by atoms with Crippen LogP contribution >= 0.6 is 0 Å². The minimum atomic E-state index is -0.857. The molecule has 0 bridgehead atoms. The predicted octanol–water partition coefficient (Wildman–Crippen LogP) is 4.53. The molecule has 0 spiro atoms. The maximum absolute atomic E-state index is 13.7. The summed E-state index contributed by atoms with van der Waals surface area (Å²) in [6, 6.07) is 11.6. The number of aromatic nitrogens is 2. The van der Waals surface area contributed by atoms with Crippen LogP contribution in [0.2, 0.25) is 0 Å². The number of carbonyl (C=O) groups excluding carboxylic acids is 4. The number of rotatable bonds is 10. The van der Waals surface area contributed by atoms with Gasteiger partial charge in [0, 0.05) is 44.2 Å². The zero-order chi connectivity index (χ0) is 32.9. The number of hydrogen-bond acceptors (Lipinski definition) is 7. The zero-order valence-corrected chi connectivity index (χ0v) is 27.4. The molecule has 2 aromatic carbocycles. The Morgan fingerprint density at radius 2 is 1.73 bits per heavy atom. The van der Waals surface area contributed by atoms with E-state index in [2.05, 4.69) is 39.6 Å². The van der Waals surface area contributed by atoms with Gasteiger partial charge in [-0.15, -0.1) is 0 Å². The van der Waals surface area contributed by atoms with E-state index in [9.17, 15) is 19.2 Å². The van der Waals surface area contributed by atoms with Crippen LogP contribution in [0, 0.1) is 11.8 Å². The monoisotopic (exact) mass is 618 g/mol. The molecule has 0 aliphatic heterocycles. The highest BCUT2D eigenvalue weighted by molar-refractivity contribution is 5.99. The van der Waals surface area contributed by atoms with Crippen LogP contribution in [-0.4, -0.2) is 77.9 Å². The molecule has 11 heteroatoms. The Morgan fingerprint density at radius 1 is 1.02 bits per heavy atom. The Kier molecular flexibility index (Phi) is 10.6. The Hall–Kier alpha value is -4.25. The predicted molar refractivity (Wildman–Crippen MR) is 175 cm³/mol. The summed E-state index contributed by atoms with van der Waals surface area (Å²) in [6.07, 6.45) is 3.76. The van der Waals surface area contributed by atoms with Crippen molar-refractivity contribution >= 4 is 46.1 Å². The van der Waals surface area contributed by atoms with Gasteiger partial charge in [-0.1, -0.05) is 12.1 Å². The zero-order valence-electron chi connectivity index (χ0n) is 27.4. The smallest absolute Gasteiger partial charge is 0.374 e. The maximum atomic E-state index is 13.7. The van der Waals surface area contributed by atoms with Gasteiger partial charge < -0.3 is 30.2 Å². The molecule has 1 fully saturated rings. The fraction of sp³-hybridized carbons (Fsp3) is 0.500. The number of imidazole rings is 1. The first kappa shape index (κ1) is 33.6. The lowest BCUT2D eigenvalue weighted by Crippen LogP contribution is -2.48. The standard InChI is InChI=1S/C34H46N6O5/c1-21(41)40(7)26-10-8-9-23(17-26)18-29(38-31(42)24-13-11-22(12-14-24)20-39(5)6)32(43)35-25-15-16-27-28(19-25)37-30(36-27)33(44)45-34(2,3)4/h8-10,15-17,19,22,24,29H,11-14,18,20H2,1-7H3,(H,35,43)(H,36,37)(H,38,42). The van der Waals surface area contributed by atoms with Crippen molar-refractivity contribution in [3.8, 4) is 0 Å². The van der Waals surface area contributed by atoms with E-state index in [4.69, 9.17) is 4.74 Å². The van der Waals surface area contributed by atoms with Gasteiger partial charge in [-0.25, -0.2) is 9.78 Å². The van der Waals surface area contributed by atoms with Crippen LogP contribution in [0.1, 0.15) is 69.6 Å². The number of ether oxygens (including phenoxy) is 1. The average molecular weight is 619 g/mol. The van der Waals surface area contributed by atoms with E-state index >= 15 is 0 Å².